The topological polar surface area (TPSA) is 41.0 Å². The van der Waals surface area contributed by atoms with Crippen LogP contribution in [0.2, 0.25) is 0 Å². The Labute approximate surface area is 122 Å². The zero-order valence-electron chi connectivity index (χ0n) is 9.83. The van der Waals surface area contributed by atoms with Gasteiger partial charge in [0.1, 0.15) is 12.4 Å². The lowest BCUT2D eigenvalue weighted by Gasteiger charge is -2.11. The van der Waals surface area contributed by atoms with Gasteiger partial charge in [-0.1, -0.05) is 0 Å². The van der Waals surface area contributed by atoms with Crippen molar-refractivity contribution in [1.29, 1.82) is 0 Å². The number of hydrogen-bond donors (Lipinski definition) is 1. The molecule has 0 aliphatic heterocycles. The monoisotopic (exact) mass is 379 g/mol. The van der Waals surface area contributed by atoms with Crippen molar-refractivity contribution in [2.45, 2.75) is 6.54 Å². The molecule has 1 heterocycles. The predicted octanol–water partition coefficient (Wildman–Crippen LogP) is 2.53. The van der Waals surface area contributed by atoms with E-state index in [1.165, 1.54) is 11.0 Å². The minimum atomic E-state index is -0.317. The Morgan fingerprint density at radius 3 is 2.83 bits per heavy atom. The summed E-state index contributed by atoms with van der Waals surface area (Å²) in [5, 5.41) is 0. The summed E-state index contributed by atoms with van der Waals surface area (Å²) in [7, 11) is 3.34. The van der Waals surface area contributed by atoms with Crippen LogP contribution in [0.15, 0.2) is 12.1 Å². The van der Waals surface area contributed by atoms with Crippen molar-refractivity contribution >= 4 is 51.7 Å². The van der Waals surface area contributed by atoms with Gasteiger partial charge in [0.15, 0.2) is 4.77 Å². The molecule has 0 aliphatic carbocycles. The van der Waals surface area contributed by atoms with E-state index in [-0.39, 0.29) is 18.3 Å². The quantitative estimate of drug-likeness (QED) is 0.644. The third-order valence-electron chi connectivity index (χ3n) is 2.61. The molecule has 1 aromatic heterocycles. The molecule has 1 amide bonds. The lowest BCUT2D eigenvalue weighted by atomic mass is 10.3. The van der Waals surface area contributed by atoms with Crippen molar-refractivity contribution in [3.63, 3.8) is 0 Å². The van der Waals surface area contributed by atoms with Gasteiger partial charge in [-0.3, -0.25) is 4.79 Å². The molecule has 18 heavy (non-hydrogen) atoms. The number of aromatic amines is 1. The van der Waals surface area contributed by atoms with E-state index in [2.05, 4.69) is 4.98 Å². The molecule has 0 bridgehead atoms. The number of aromatic nitrogens is 2. The van der Waals surface area contributed by atoms with E-state index in [0.29, 0.717) is 13.9 Å². The summed E-state index contributed by atoms with van der Waals surface area (Å²) >= 11 is 7.07. The van der Waals surface area contributed by atoms with Crippen LogP contribution in [0.25, 0.3) is 11.0 Å². The number of H-pyrrole nitrogens is 1. The minimum absolute atomic E-state index is 0.0917. The predicted molar refractivity (Wildman–Crippen MR) is 78.5 cm³/mol. The van der Waals surface area contributed by atoms with Crippen molar-refractivity contribution in [2.75, 3.05) is 14.1 Å². The molecule has 4 nitrogen and oxygen atoms in total. The largest absolute Gasteiger partial charge is 0.347 e. The van der Waals surface area contributed by atoms with Crippen LogP contribution in [-0.4, -0.2) is 34.5 Å². The summed E-state index contributed by atoms with van der Waals surface area (Å²) < 4.78 is 16.1. The molecule has 7 heteroatoms. The molecule has 0 atom stereocenters. The Hall–Kier alpha value is -0.960. The normalized spacial score (nSPS) is 10.9. The molecule has 2 aromatic rings. The number of amides is 1. The highest BCUT2D eigenvalue weighted by Gasteiger charge is 2.12. The second-order valence-corrected chi connectivity index (χ2v) is 5.64. The Morgan fingerprint density at radius 2 is 2.22 bits per heavy atom. The fraction of sp³-hybridized carbons (Fsp3) is 0.273. The Kier molecular flexibility index (Phi) is 3.71. The van der Waals surface area contributed by atoms with E-state index in [9.17, 15) is 9.18 Å². The first-order valence-electron chi connectivity index (χ1n) is 5.18. The van der Waals surface area contributed by atoms with Gasteiger partial charge < -0.3 is 14.5 Å². The van der Waals surface area contributed by atoms with Crippen molar-refractivity contribution < 1.29 is 9.18 Å². The summed E-state index contributed by atoms with van der Waals surface area (Å²) in [6.07, 6.45) is 0. The summed E-state index contributed by atoms with van der Waals surface area (Å²) in [5.74, 6) is -0.408. The molecular formula is C11H11FIN3OS. The molecule has 0 saturated carbocycles. The minimum Gasteiger partial charge on any atom is -0.347 e. The van der Waals surface area contributed by atoms with E-state index >= 15 is 0 Å². The highest BCUT2D eigenvalue weighted by Crippen LogP contribution is 2.20. The second-order valence-electron chi connectivity index (χ2n) is 4.09. The third-order valence-corrected chi connectivity index (χ3v) is 3.76. The number of hydrogen-bond acceptors (Lipinski definition) is 2. The smallest absolute Gasteiger partial charge is 0.242 e. The van der Waals surface area contributed by atoms with Gasteiger partial charge in [0, 0.05) is 20.2 Å². The van der Waals surface area contributed by atoms with E-state index < -0.39 is 0 Å². The molecule has 0 saturated heterocycles. The Bertz CT molecular complexity index is 677. The summed E-state index contributed by atoms with van der Waals surface area (Å²) in [6, 6.07) is 3.07. The standard InChI is InChI=1S/C11H11FIN3OS/c1-15(2)10(17)5-16-9-3-6(12)7(13)4-8(9)14-11(16)18/h3-4H,5H2,1-2H3,(H,14,18). The molecule has 1 N–H and O–H groups in total. The zero-order chi connectivity index (χ0) is 13.4. The van der Waals surface area contributed by atoms with E-state index in [4.69, 9.17) is 12.2 Å². The molecule has 0 aliphatic rings. The maximum Gasteiger partial charge on any atom is 0.242 e. The Morgan fingerprint density at radius 1 is 1.56 bits per heavy atom. The van der Waals surface area contributed by atoms with Gasteiger partial charge >= 0.3 is 0 Å². The number of halogens is 2. The van der Waals surface area contributed by atoms with Gasteiger partial charge in [0.25, 0.3) is 0 Å². The molecule has 1 aromatic carbocycles. The lowest BCUT2D eigenvalue weighted by molar-refractivity contribution is -0.129. The van der Waals surface area contributed by atoms with Crippen molar-refractivity contribution in [3.8, 4) is 0 Å². The Balaban J connectivity index is 2.57. The highest BCUT2D eigenvalue weighted by atomic mass is 127. The first-order chi connectivity index (χ1) is 8.40. The molecule has 0 radical (unpaired) electrons. The van der Waals surface area contributed by atoms with Crippen molar-refractivity contribution in [2.24, 2.45) is 0 Å². The third kappa shape index (κ3) is 2.41. The number of fused-ring (bicyclic) bond motifs is 1. The van der Waals surface area contributed by atoms with E-state index in [0.717, 1.165) is 5.52 Å². The van der Waals surface area contributed by atoms with Crippen LogP contribution in [0.3, 0.4) is 0 Å². The molecule has 0 spiro atoms. The maximum absolute atomic E-state index is 13.6. The van der Waals surface area contributed by atoms with Crippen LogP contribution in [0.5, 0.6) is 0 Å². The number of carbonyl (C=O) groups excluding carboxylic acids is 1. The first-order valence-corrected chi connectivity index (χ1v) is 6.66. The van der Waals surface area contributed by atoms with Crippen LogP contribution in [0, 0.1) is 14.2 Å². The molecule has 96 valence electrons. The van der Waals surface area contributed by atoms with Crippen molar-refractivity contribution in [1.82, 2.24) is 14.5 Å². The second kappa shape index (κ2) is 4.96. The number of nitrogens with zero attached hydrogens (tertiary/aromatic N) is 2. The zero-order valence-corrected chi connectivity index (χ0v) is 12.8. The fourth-order valence-electron chi connectivity index (χ4n) is 1.59. The van der Waals surface area contributed by atoms with E-state index in [1.54, 1.807) is 24.7 Å². The summed E-state index contributed by atoms with van der Waals surface area (Å²) in [5.41, 5.74) is 1.34. The van der Waals surface area contributed by atoms with Crippen LogP contribution >= 0.6 is 34.8 Å². The van der Waals surface area contributed by atoms with Crippen LogP contribution < -0.4 is 0 Å². The number of likely N-dealkylation sites (N-methyl/N-ethyl adjacent to an activating group) is 1. The molecule has 0 unspecified atom stereocenters. The average molecular weight is 379 g/mol. The van der Waals surface area contributed by atoms with Crippen LogP contribution in [-0.2, 0) is 11.3 Å². The average Bonchev–Trinajstić information content (AvgIpc) is 2.56. The van der Waals surface area contributed by atoms with Gasteiger partial charge in [-0.05, 0) is 40.9 Å². The number of benzene rings is 1. The van der Waals surface area contributed by atoms with Gasteiger partial charge in [-0.2, -0.15) is 0 Å². The number of rotatable bonds is 2. The van der Waals surface area contributed by atoms with E-state index in [1.807, 2.05) is 22.6 Å². The highest BCUT2D eigenvalue weighted by molar-refractivity contribution is 14.1. The van der Waals surface area contributed by atoms with Gasteiger partial charge in [0.05, 0.1) is 14.6 Å². The number of carbonyl (C=O) groups is 1. The summed E-state index contributed by atoms with van der Waals surface area (Å²) in [6.45, 7) is 0.103. The summed E-state index contributed by atoms with van der Waals surface area (Å²) in [4.78, 5) is 16.2. The van der Waals surface area contributed by atoms with Crippen LogP contribution in [0.1, 0.15) is 0 Å². The SMILES string of the molecule is CN(C)C(=O)Cn1c(=S)[nH]c2cc(I)c(F)cc21. The van der Waals surface area contributed by atoms with Gasteiger partial charge in [-0.25, -0.2) is 4.39 Å². The van der Waals surface area contributed by atoms with Crippen LogP contribution in [0.4, 0.5) is 4.39 Å². The molecule has 2 rings (SSSR count). The van der Waals surface area contributed by atoms with Crippen molar-refractivity contribution in [3.05, 3.63) is 26.3 Å². The van der Waals surface area contributed by atoms with Gasteiger partial charge in [0.2, 0.25) is 5.91 Å². The molecule has 0 fully saturated rings. The number of nitrogens with one attached hydrogen (secondary N) is 1. The van der Waals surface area contributed by atoms with Gasteiger partial charge in [-0.15, -0.1) is 0 Å². The lowest BCUT2D eigenvalue weighted by Crippen LogP contribution is -2.26. The maximum atomic E-state index is 13.6. The fourth-order valence-corrected chi connectivity index (χ4v) is 2.33. The molecular weight excluding hydrogens is 368 g/mol. The first kappa shape index (κ1) is 13.5. The number of imidazole rings is 1.